The number of hydrogen-bond acceptors (Lipinski definition) is 4. The summed E-state index contributed by atoms with van der Waals surface area (Å²) in [7, 11) is 0. The van der Waals surface area contributed by atoms with E-state index in [0.717, 1.165) is 36.9 Å². The molecule has 2 saturated heterocycles. The Bertz CT molecular complexity index is 380. The number of nitrogens with zero attached hydrogens (tertiary/aromatic N) is 4. The van der Waals surface area contributed by atoms with Crippen LogP contribution >= 0.6 is 0 Å². The van der Waals surface area contributed by atoms with E-state index in [-0.39, 0.29) is 0 Å². The summed E-state index contributed by atoms with van der Waals surface area (Å²) in [6.07, 6.45) is 4.93. The van der Waals surface area contributed by atoms with Crippen molar-refractivity contribution in [2.24, 2.45) is 11.8 Å². The minimum absolute atomic E-state index is 0.733. The predicted octanol–water partition coefficient (Wildman–Crippen LogP) is 1.64. The van der Waals surface area contributed by atoms with E-state index in [2.05, 4.69) is 33.6 Å². The van der Waals surface area contributed by atoms with E-state index >= 15 is 0 Å². The lowest BCUT2D eigenvalue weighted by atomic mass is 10.0. The predicted molar refractivity (Wildman–Crippen MR) is 72.6 cm³/mol. The Morgan fingerprint density at radius 2 is 1.78 bits per heavy atom. The molecule has 2 aliphatic rings. The first-order valence-electron chi connectivity index (χ1n) is 7.04. The summed E-state index contributed by atoms with van der Waals surface area (Å²) in [5, 5.41) is 0. The summed E-state index contributed by atoms with van der Waals surface area (Å²) in [6, 6.07) is 2.61. The maximum atomic E-state index is 4.36. The largest absolute Gasteiger partial charge is 0.340 e. The third-order valence-corrected chi connectivity index (χ3v) is 4.56. The summed E-state index contributed by atoms with van der Waals surface area (Å²) in [4.78, 5) is 13.7. The van der Waals surface area contributed by atoms with Crippen molar-refractivity contribution in [2.75, 3.05) is 31.1 Å². The van der Waals surface area contributed by atoms with E-state index in [0.29, 0.717) is 0 Å². The molecule has 0 N–H and O–H groups in total. The van der Waals surface area contributed by atoms with E-state index in [1.54, 1.807) is 0 Å². The van der Waals surface area contributed by atoms with Gasteiger partial charge in [-0.3, -0.25) is 4.90 Å². The quantitative estimate of drug-likeness (QED) is 0.811. The molecule has 98 valence electrons. The van der Waals surface area contributed by atoms with Crippen molar-refractivity contribution in [3.63, 3.8) is 0 Å². The third kappa shape index (κ3) is 2.09. The van der Waals surface area contributed by atoms with Crippen molar-refractivity contribution in [2.45, 2.75) is 26.3 Å². The second kappa shape index (κ2) is 4.84. The molecule has 1 unspecified atom stereocenters. The summed E-state index contributed by atoms with van der Waals surface area (Å²) in [6.45, 7) is 9.39. The van der Waals surface area contributed by atoms with Crippen molar-refractivity contribution >= 4 is 5.95 Å². The van der Waals surface area contributed by atoms with Crippen LogP contribution in [0, 0.1) is 11.8 Å². The fraction of sp³-hybridized carbons (Fsp3) is 0.714. The number of likely N-dealkylation sites (tertiary alicyclic amines) is 1. The van der Waals surface area contributed by atoms with Gasteiger partial charge in [-0.1, -0.05) is 6.92 Å². The van der Waals surface area contributed by atoms with E-state index in [4.69, 9.17) is 0 Å². The summed E-state index contributed by atoms with van der Waals surface area (Å²) < 4.78 is 0. The van der Waals surface area contributed by atoms with Crippen LogP contribution in [0.2, 0.25) is 0 Å². The number of hydrogen-bond donors (Lipinski definition) is 0. The lowest BCUT2D eigenvalue weighted by Gasteiger charge is -2.25. The van der Waals surface area contributed by atoms with Crippen molar-refractivity contribution in [3.8, 4) is 0 Å². The third-order valence-electron chi connectivity index (χ3n) is 4.56. The van der Waals surface area contributed by atoms with E-state index in [1.165, 1.54) is 19.5 Å². The van der Waals surface area contributed by atoms with E-state index < -0.39 is 0 Å². The zero-order chi connectivity index (χ0) is 12.5. The summed E-state index contributed by atoms with van der Waals surface area (Å²) in [5.74, 6) is 2.52. The highest BCUT2D eigenvalue weighted by Gasteiger charge is 2.41. The molecular weight excluding hydrogens is 224 g/mol. The van der Waals surface area contributed by atoms with Crippen LogP contribution in [0.15, 0.2) is 18.5 Å². The Hall–Kier alpha value is -1.16. The minimum atomic E-state index is 0.733. The first-order chi connectivity index (χ1) is 8.78. The van der Waals surface area contributed by atoms with Crippen molar-refractivity contribution in [1.29, 1.82) is 0 Å². The Morgan fingerprint density at radius 3 is 2.33 bits per heavy atom. The topological polar surface area (TPSA) is 32.3 Å². The van der Waals surface area contributed by atoms with Gasteiger partial charge in [-0.15, -0.1) is 0 Å². The highest BCUT2D eigenvalue weighted by atomic mass is 15.3. The lowest BCUT2D eigenvalue weighted by Crippen LogP contribution is -2.34. The van der Waals surface area contributed by atoms with E-state index in [9.17, 15) is 0 Å². The molecule has 1 aromatic heterocycles. The van der Waals surface area contributed by atoms with Gasteiger partial charge in [0, 0.05) is 44.6 Å². The molecule has 0 bridgehead atoms. The Labute approximate surface area is 109 Å². The second-order valence-corrected chi connectivity index (χ2v) is 5.69. The number of rotatable bonds is 3. The molecule has 0 aromatic carbocycles. The van der Waals surface area contributed by atoms with Crippen LogP contribution in [0.5, 0.6) is 0 Å². The fourth-order valence-corrected chi connectivity index (χ4v) is 3.27. The van der Waals surface area contributed by atoms with Gasteiger partial charge in [-0.05, 0) is 31.2 Å². The molecule has 4 heteroatoms. The van der Waals surface area contributed by atoms with Gasteiger partial charge in [-0.2, -0.15) is 0 Å². The monoisotopic (exact) mass is 246 g/mol. The molecule has 2 fully saturated rings. The lowest BCUT2D eigenvalue weighted by molar-refractivity contribution is 0.237. The first-order valence-corrected chi connectivity index (χ1v) is 7.04. The second-order valence-electron chi connectivity index (χ2n) is 5.69. The zero-order valence-electron chi connectivity index (χ0n) is 11.3. The average molecular weight is 246 g/mol. The fourth-order valence-electron chi connectivity index (χ4n) is 3.27. The molecule has 0 aliphatic carbocycles. The van der Waals surface area contributed by atoms with Crippen LogP contribution in [-0.4, -0.2) is 47.1 Å². The Kier molecular flexibility index (Phi) is 3.20. The normalized spacial score (nSPS) is 29.6. The maximum Gasteiger partial charge on any atom is 0.225 e. The number of aromatic nitrogens is 2. The van der Waals surface area contributed by atoms with E-state index in [1.807, 2.05) is 18.5 Å². The van der Waals surface area contributed by atoms with Crippen LogP contribution in [0.1, 0.15) is 20.3 Å². The standard InChI is InChI=1S/C14H22N4/c1-3-11(2)17-7-12-9-18(10-13(12)8-17)14-15-5-4-6-16-14/h4-6,11-13H,3,7-10H2,1-2H3/t11?,12-,13+. The summed E-state index contributed by atoms with van der Waals surface area (Å²) >= 11 is 0. The highest BCUT2D eigenvalue weighted by Crippen LogP contribution is 2.33. The molecule has 1 aromatic rings. The van der Waals surface area contributed by atoms with Gasteiger partial charge in [0.1, 0.15) is 0 Å². The molecule has 3 atom stereocenters. The molecule has 0 radical (unpaired) electrons. The van der Waals surface area contributed by atoms with Crippen molar-refractivity contribution < 1.29 is 0 Å². The number of anilines is 1. The SMILES string of the molecule is CCC(C)N1C[C@H]2CN(c3ncccn3)C[C@H]2C1. The highest BCUT2D eigenvalue weighted by molar-refractivity contribution is 5.31. The molecular formula is C14H22N4. The average Bonchev–Trinajstić information content (AvgIpc) is 2.97. The van der Waals surface area contributed by atoms with Gasteiger partial charge in [0.2, 0.25) is 5.95 Å². The van der Waals surface area contributed by atoms with Crippen LogP contribution in [-0.2, 0) is 0 Å². The molecule has 0 spiro atoms. The van der Waals surface area contributed by atoms with Crippen LogP contribution in [0.25, 0.3) is 0 Å². The maximum absolute atomic E-state index is 4.36. The van der Waals surface area contributed by atoms with Gasteiger partial charge in [0.15, 0.2) is 0 Å². The molecule has 4 nitrogen and oxygen atoms in total. The van der Waals surface area contributed by atoms with Crippen LogP contribution in [0.4, 0.5) is 5.95 Å². The Morgan fingerprint density at radius 1 is 1.17 bits per heavy atom. The summed E-state index contributed by atoms with van der Waals surface area (Å²) in [5.41, 5.74) is 0. The van der Waals surface area contributed by atoms with Crippen molar-refractivity contribution in [1.82, 2.24) is 14.9 Å². The molecule has 0 amide bonds. The van der Waals surface area contributed by atoms with Crippen LogP contribution in [0.3, 0.4) is 0 Å². The van der Waals surface area contributed by atoms with Gasteiger partial charge in [0.05, 0.1) is 0 Å². The molecule has 3 heterocycles. The van der Waals surface area contributed by atoms with Crippen molar-refractivity contribution in [3.05, 3.63) is 18.5 Å². The molecule has 3 rings (SSSR count). The zero-order valence-corrected chi connectivity index (χ0v) is 11.3. The molecule has 18 heavy (non-hydrogen) atoms. The minimum Gasteiger partial charge on any atom is -0.340 e. The van der Waals surface area contributed by atoms with Gasteiger partial charge in [-0.25, -0.2) is 9.97 Å². The van der Waals surface area contributed by atoms with Gasteiger partial charge < -0.3 is 4.90 Å². The number of fused-ring (bicyclic) bond motifs is 1. The molecule has 0 saturated carbocycles. The molecule has 2 aliphatic heterocycles. The van der Waals surface area contributed by atoms with Crippen LogP contribution < -0.4 is 4.90 Å². The van der Waals surface area contributed by atoms with Gasteiger partial charge in [0.25, 0.3) is 0 Å². The Balaban J connectivity index is 1.63. The first kappa shape index (κ1) is 11.9. The smallest absolute Gasteiger partial charge is 0.225 e. The van der Waals surface area contributed by atoms with Gasteiger partial charge >= 0.3 is 0 Å².